The number of rotatable bonds is 4. The van der Waals surface area contributed by atoms with E-state index in [0.717, 1.165) is 17.8 Å². The molecular weight excluding hydrogens is 388 g/mol. The zero-order valence-corrected chi connectivity index (χ0v) is 15.8. The molecule has 3 rings (SSSR count). The van der Waals surface area contributed by atoms with Crippen molar-refractivity contribution >= 4 is 34.6 Å². The first-order valence-electron chi connectivity index (χ1n) is 8.51. The van der Waals surface area contributed by atoms with E-state index < -0.39 is 27.1 Å². The van der Waals surface area contributed by atoms with Gasteiger partial charge < -0.3 is 9.80 Å². The van der Waals surface area contributed by atoms with E-state index in [-0.39, 0.29) is 11.1 Å². The Morgan fingerprint density at radius 2 is 1.61 bits per heavy atom. The number of halogens is 1. The monoisotopic (exact) mass is 404 g/mol. The summed E-state index contributed by atoms with van der Waals surface area (Å²) >= 11 is 5.90. The second-order valence-corrected chi connectivity index (χ2v) is 6.84. The van der Waals surface area contributed by atoms with E-state index in [9.17, 15) is 25.0 Å². The number of piperazine rings is 1. The average Bonchev–Trinajstić information content (AvgIpc) is 2.68. The van der Waals surface area contributed by atoms with Crippen LogP contribution in [0, 0.1) is 27.2 Å². The van der Waals surface area contributed by atoms with Gasteiger partial charge >= 0.3 is 0 Å². The first kappa shape index (κ1) is 19.6. The molecule has 1 aliphatic rings. The summed E-state index contributed by atoms with van der Waals surface area (Å²) in [5, 5.41) is 23.0. The molecule has 1 aliphatic heterocycles. The SMILES string of the molecule is Cc1c(C(=O)N2CCN(c3ccc(Cl)cc3)CC2)cc([N+](=O)[O-])cc1[N+](=O)[O-]. The molecule has 0 bridgehead atoms. The molecule has 28 heavy (non-hydrogen) atoms. The van der Waals surface area contributed by atoms with Gasteiger partial charge in [0.2, 0.25) is 0 Å². The van der Waals surface area contributed by atoms with Crippen molar-refractivity contribution < 1.29 is 14.6 Å². The van der Waals surface area contributed by atoms with Gasteiger partial charge in [-0.3, -0.25) is 25.0 Å². The van der Waals surface area contributed by atoms with Crippen molar-refractivity contribution in [2.45, 2.75) is 6.92 Å². The summed E-state index contributed by atoms with van der Waals surface area (Å²) in [6.07, 6.45) is 0. The Morgan fingerprint density at radius 3 is 2.14 bits per heavy atom. The molecular formula is C18H17ClN4O5. The topological polar surface area (TPSA) is 110 Å². The van der Waals surface area contributed by atoms with Crippen LogP contribution >= 0.6 is 11.6 Å². The van der Waals surface area contributed by atoms with E-state index in [1.165, 1.54) is 6.92 Å². The van der Waals surface area contributed by atoms with Crippen LogP contribution in [0.3, 0.4) is 0 Å². The minimum atomic E-state index is -0.734. The van der Waals surface area contributed by atoms with Crippen LogP contribution in [0.25, 0.3) is 0 Å². The number of hydrogen-bond donors (Lipinski definition) is 0. The molecule has 1 saturated heterocycles. The number of amides is 1. The number of nitro groups is 2. The van der Waals surface area contributed by atoms with Crippen LogP contribution < -0.4 is 4.90 Å². The molecule has 0 saturated carbocycles. The molecule has 1 amide bonds. The number of carbonyl (C=O) groups is 1. The van der Waals surface area contributed by atoms with Crippen molar-refractivity contribution in [2.24, 2.45) is 0 Å². The Bertz CT molecular complexity index is 940. The highest BCUT2D eigenvalue weighted by molar-refractivity contribution is 6.30. The van der Waals surface area contributed by atoms with Gasteiger partial charge in [-0.25, -0.2) is 0 Å². The molecule has 9 nitrogen and oxygen atoms in total. The maximum Gasteiger partial charge on any atom is 0.279 e. The van der Waals surface area contributed by atoms with E-state index >= 15 is 0 Å². The maximum atomic E-state index is 12.9. The summed E-state index contributed by atoms with van der Waals surface area (Å²) in [4.78, 5) is 37.4. The van der Waals surface area contributed by atoms with Crippen LogP contribution in [-0.4, -0.2) is 46.8 Å². The standard InChI is InChI=1S/C18H17ClN4O5/c1-12-16(10-15(22(25)26)11-17(12)23(27)28)18(24)21-8-6-20(7-9-21)14-4-2-13(19)3-5-14/h2-5,10-11H,6-9H2,1H3. The van der Waals surface area contributed by atoms with Crippen LogP contribution in [0.2, 0.25) is 5.02 Å². The number of non-ortho nitro benzene ring substituents is 1. The molecule has 0 atom stereocenters. The molecule has 10 heteroatoms. The Labute approximate surface area is 165 Å². The highest BCUT2D eigenvalue weighted by Crippen LogP contribution is 2.29. The van der Waals surface area contributed by atoms with Gasteiger partial charge in [0.1, 0.15) is 0 Å². The lowest BCUT2D eigenvalue weighted by atomic mass is 10.0. The number of benzene rings is 2. The predicted molar refractivity (Wildman–Crippen MR) is 104 cm³/mol. The molecule has 0 aliphatic carbocycles. The largest absolute Gasteiger partial charge is 0.368 e. The lowest BCUT2D eigenvalue weighted by Gasteiger charge is -2.36. The molecule has 1 heterocycles. The van der Waals surface area contributed by atoms with Gasteiger partial charge in [0.15, 0.2) is 0 Å². The van der Waals surface area contributed by atoms with Gasteiger partial charge in [0, 0.05) is 48.5 Å². The van der Waals surface area contributed by atoms with E-state index in [1.54, 1.807) is 17.0 Å². The first-order chi connectivity index (χ1) is 13.3. The van der Waals surface area contributed by atoms with Crippen molar-refractivity contribution in [1.29, 1.82) is 0 Å². The zero-order chi connectivity index (χ0) is 20.4. The molecule has 0 aromatic heterocycles. The Balaban J connectivity index is 1.80. The van der Waals surface area contributed by atoms with Crippen LogP contribution in [0.1, 0.15) is 15.9 Å². The summed E-state index contributed by atoms with van der Waals surface area (Å²) in [6, 6.07) is 9.36. The summed E-state index contributed by atoms with van der Waals surface area (Å²) in [5.41, 5.74) is 0.193. The molecule has 0 radical (unpaired) electrons. The van der Waals surface area contributed by atoms with Crippen molar-refractivity contribution in [3.05, 3.63) is 72.8 Å². The third-order valence-electron chi connectivity index (χ3n) is 4.76. The lowest BCUT2D eigenvalue weighted by Crippen LogP contribution is -2.49. The van der Waals surface area contributed by atoms with Crippen LogP contribution in [0.5, 0.6) is 0 Å². The number of hydrogen-bond acceptors (Lipinski definition) is 6. The summed E-state index contributed by atoms with van der Waals surface area (Å²) in [5.74, 6) is -0.444. The van der Waals surface area contributed by atoms with E-state index in [0.29, 0.717) is 31.2 Å². The van der Waals surface area contributed by atoms with Crippen molar-refractivity contribution in [1.82, 2.24) is 4.90 Å². The molecule has 146 valence electrons. The lowest BCUT2D eigenvalue weighted by molar-refractivity contribution is -0.394. The van der Waals surface area contributed by atoms with Gasteiger partial charge in [-0.15, -0.1) is 0 Å². The minimum absolute atomic E-state index is 0.0131. The van der Waals surface area contributed by atoms with Gasteiger partial charge in [0.25, 0.3) is 17.3 Å². The molecule has 0 unspecified atom stereocenters. The number of nitrogens with zero attached hydrogens (tertiary/aromatic N) is 4. The quantitative estimate of drug-likeness (QED) is 0.570. The van der Waals surface area contributed by atoms with Gasteiger partial charge in [-0.2, -0.15) is 0 Å². The Kier molecular flexibility index (Phi) is 5.46. The smallest absolute Gasteiger partial charge is 0.279 e. The van der Waals surface area contributed by atoms with Crippen molar-refractivity contribution in [2.75, 3.05) is 31.1 Å². The van der Waals surface area contributed by atoms with Crippen molar-refractivity contribution in [3.8, 4) is 0 Å². The minimum Gasteiger partial charge on any atom is -0.368 e. The summed E-state index contributed by atoms with van der Waals surface area (Å²) in [7, 11) is 0. The third-order valence-corrected chi connectivity index (χ3v) is 5.01. The van der Waals surface area contributed by atoms with Crippen LogP contribution in [0.4, 0.5) is 17.1 Å². The van der Waals surface area contributed by atoms with E-state index in [2.05, 4.69) is 4.90 Å². The third kappa shape index (κ3) is 3.89. The fraction of sp³-hybridized carbons (Fsp3) is 0.278. The Hall–Kier alpha value is -3.20. The number of anilines is 1. The fourth-order valence-corrected chi connectivity index (χ4v) is 3.32. The second kappa shape index (κ2) is 7.81. The van der Waals surface area contributed by atoms with E-state index in [1.807, 2.05) is 12.1 Å². The second-order valence-electron chi connectivity index (χ2n) is 6.41. The predicted octanol–water partition coefficient (Wildman–Crippen LogP) is 3.43. The van der Waals surface area contributed by atoms with Gasteiger partial charge in [-0.1, -0.05) is 11.6 Å². The van der Waals surface area contributed by atoms with Gasteiger partial charge in [-0.05, 0) is 31.2 Å². The summed E-state index contributed by atoms with van der Waals surface area (Å²) in [6.45, 7) is 3.38. The summed E-state index contributed by atoms with van der Waals surface area (Å²) < 4.78 is 0. The fourth-order valence-electron chi connectivity index (χ4n) is 3.19. The number of carbonyl (C=O) groups excluding carboxylic acids is 1. The zero-order valence-electron chi connectivity index (χ0n) is 15.0. The number of nitro benzene ring substituents is 2. The van der Waals surface area contributed by atoms with E-state index in [4.69, 9.17) is 11.6 Å². The molecule has 0 spiro atoms. The maximum absolute atomic E-state index is 12.9. The molecule has 2 aromatic rings. The molecule has 0 N–H and O–H groups in total. The van der Waals surface area contributed by atoms with Crippen LogP contribution in [-0.2, 0) is 0 Å². The highest BCUT2D eigenvalue weighted by Gasteiger charge is 2.29. The normalized spacial score (nSPS) is 14.1. The van der Waals surface area contributed by atoms with Gasteiger partial charge in [0.05, 0.1) is 21.5 Å². The highest BCUT2D eigenvalue weighted by atomic mass is 35.5. The first-order valence-corrected chi connectivity index (χ1v) is 8.89. The molecule has 2 aromatic carbocycles. The molecule has 1 fully saturated rings. The van der Waals surface area contributed by atoms with Crippen molar-refractivity contribution in [3.63, 3.8) is 0 Å². The average molecular weight is 405 g/mol. The Morgan fingerprint density at radius 1 is 1.00 bits per heavy atom. The van der Waals surface area contributed by atoms with Crippen LogP contribution in [0.15, 0.2) is 36.4 Å².